The fourth-order valence-corrected chi connectivity index (χ4v) is 9.59. The standard InChI is InChI=1S/C49H30N2O/c1-3-13-29(14-4-1)32-25-26-49(38-20-10-7-17-33(38)34-18-8-11-21-39(34)49)48-44(32)45-42(51-48)28-36(30-15-5-2-6-16-30)37-27-31-23-24-41-43(46(31)52-47(37)45)35-19-9-12-22-40(35)50-41/h1-28,32,36H. The smallest absolute Gasteiger partial charge is 0.144 e. The first-order valence-electron chi connectivity index (χ1n) is 18.1. The summed E-state index contributed by atoms with van der Waals surface area (Å²) in [5.41, 5.74) is 15.4. The molecule has 6 aromatic carbocycles. The monoisotopic (exact) mass is 662 g/mol. The molecule has 12 rings (SSSR count). The van der Waals surface area contributed by atoms with Crippen molar-refractivity contribution in [2.45, 2.75) is 17.3 Å². The maximum Gasteiger partial charge on any atom is 0.144 e. The van der Waals surface area contributed by atoms with Crippen molar-refractivity contribution in [2.24, 2.45) is 4.99 Å². The lowest BCUT2D eigenvalue weighted by atomic mass is 9.64. The van der Waals surface area contributed by atoms with Crippen LogP contribution in [-0.2, 0) is 5.41 Å². The number of nitrogens with zero attached hydrogens (tertiary/aromatic N) is 2. The van der Waals surface area contributed by atoms with Gasteiger partial charge in [-0.2, -0.15) is 0 Å². The summed E-state index contributed by atoms with van der Waals surface area (Å²) in [4.78, 5) is 10.8. The van der Waals surface area contributed by atoms with Gasteiger partial charge in [0.1, 0.15) is 11.3 Å². The van der Waals surface area contributed by atoms with Gasteiger partial charge in [0.25, 0.3) is 0 Å². The van der Waals surface area contributed by atoms with Crippen LogP contribution < -0.4 is 0 Å². The van der Waals surface area contributed by atoms with E-state index in [-0.39, 0.29) is 11.8 Å². The third kappa shape index (κ3) is 3.60. The van der Waals surface area contributed by atoms with E-state index in [1.54, 1.807) is 0 Å². The zero-order valence-corrected chi connectivity index (χ0v) is 28.1. The van der Waals surface area contributed by atoms with Crippen molar-refractivity contribution < 1.29 is 4.42 Å². The summed E-state index contributed by atoms with van der Waals surface area (Å²) >= 11 is 0. The summed E-state index contributed by atoms with van der Waals surface area (Å²) in [7, 11) is 0. The van der Waals surface area contributed by atoms with Gasteiger partial charge in [0.15, 0.2) is 0 Å². The van der Waals surface area contributed by atoms with Gasteiger partial charge in [-0.25, -0.2) is 4.98 Å². The third-order valence-corrected chi connectivity index (χ3v) is 11.8. The summed E-state index contributed by atoms with van der Waals surface area (Å²) in [5.74, 6) is 0.868. The Morgan fingerprint density at radius 3 is 2.00 bits per heavy atom. The lowest BCUT2D eigenvalue weighted by molar-refractivity contribution is 0.577. The molecular weight excluding hydrogens is 633 g/mol. The second kappa shape index (κ2) is 10.2. The number of aliphatic imine (C=N–C) groups is 1. The number of fused-ring (bicyclic) bond motifs is 15. The molecule has 3 aliphatic carbocycles. The number of hydrogen-bond donors (Lipinski definition) is 0. The highest BCUT2D eigenvalue weighted by molar-refractivity contribution is 6.25. The van der Waals surface area contributed by atoms with Crippen LogP contribution in [0, 0.1) is 0 Å². The molecule has 3 heterocycles. The van der Waals surface area contributed by atoms with Gasteiger partial charge in [-0.05, 0) is 69.3 Å². The Hall–Kier alpha value is -6.58. The molecule has 0 saturated heterocycles. The summed E-state index contributed by atoms with van der Waals surface area (Å²) in [6.07, 6.45) is 7.25. The van der Waals surface area contributed by atoms with Gasteiger partial charge in [-0.15, -0.1) is 0 Å². The average Bonchev–Trinajstić information content (AvgIpc) is 3.88. The first-order valence-corrected chi connectivity index (χ1v) is 18.1. The fourth-order valence-electron chi connectivity index (χ4n) is 9.59. The molecule has 2 atom stereocenters. The van der Waals surface area contributed by atoms with E-state index < -0.39 is 5.41 Å². The topological polar surface area (TPSA) is 38.4 Å². The minimum absolute atomic E-state index is 0.00404. The van der Waals surface area contributed by atoms with E-state index in [9.17, 15) is 0 Å². The van der Waals surface area contributed by atoms with Gasteiger partial charge >= 0.3 is 0 Å². The molecule has 1 aliphatic heterocycles. The molecular formula is C49H30N2O. The molecule has 3 heteroatoms. The van der Waals surface area contributed by atoms with Crippen LogP contribution in [0.1, 0.15) is 45.4 Å². The van der Waals surface area contributed by atoms with Crippen LogP contribution in [0.15, 0.2) is 191 Å². The molecule has 1 spiro atoms. The van der Waals surface area contributed by atoms with Crippen molar-refractivity contribution in [1.29, 1.82) is 0 Å². The summed E-state index contributed by atoms with van der Waals surface area (Å²) < 4.78 is 7.42. The zero-order chi connectivity index (χ0) is 34.0. The number of aromatic nitrogens is 1. The molecule has 0 fully saturated rings. The Labute approximate surface area is 300 Å². The Morgan fingerprint density at radius 1 is 0.596 bits per heavy atom. The molecule has 0 saturated carbocycles. The van der Waals surface area contributed by atoms with E-state index in [0.29, 0.717) is 0 Å². The minimum Gasteiger partial charge on any atom is -0.455 e. The van der Waals surface area contributed by atoms with E-state index in [0.717, 1.165) is 61.1 Å². The molecule has 8 aromatic rings. The Balaban J connectivity index is 1.22. The molecule has 2 aromatic heterocycles. The van der Waals surface area contributed by atoms with Crippen LogP contribution in [0.4, 0.5) is 0 Å². The highest BCUT2D eigenvalue weighted by atomic mass is 16.3. The van der Waals surface area contributed by atoms with Crippen molar-refractivity contribution in [1.82, 2.24) is 4.98 Å². The lowest BCUT2D eigenvalue weighted by Crippen LogP contribution is -2.38. The molecule has 52 heavy (non-hydrogen) atoms. The van der Waals surface area contributed by atoms with Crippen LogP contribution in [0.25, 0.3) is 49.5 Å². The molecule has 0 radical (unpaired) electrons. The SMILES string of the molecule is C1=CC2(C3=NC4=CC(c5ccccc5)c5cc6ccc7nc8ccccc8c7c6oc5C4=C3C1c1ccccc1)c1ccccc1-c1ccccc12. The quantitative estimate of drug-likeness (QED) is 0.173. The van der Waals surface area contributed by atoms with Crippen LogP contribution >= 0.6 is 0 Å². The van der Waals surface area contributed by atoms with Crippen molar-refractivity contribution >= 4 is 44.1 Å². The van der Waals surface area contributed by atoms with E-state index in [1.165, 1.54) is 39.0 Å². The number of benzene rings is 6. The molecule has 4 aliphatic rings. The number of para-hydroxylation sites is 1. The zero-order valence-electron chi connectivity index (χ0n) is 28.1. The van der Waals surface area contributed by atoms with Gasteiger partial charge in [-0.1, -0.05) is 140 Å². The first kappa shape index (κ1) is 28.2. The van der Waals surface area contributed by atoms with E-state index in [4.69, 9.17) is 14.4 Å². The Kier molecular flexibility index (Phi) is 5.55. The molecule has 0 bridgehead atoms. The average molecular weight is 663 g/mol. The molecule has 2 unspecified atom stereocenters. The van der Waals surface area contributed by atoms with E-state index in [1.807, 2.05) is 0 Å². The highest BCUT2D eigenvalue weighted by Crippen LogP contribution is 2.60. The van der Waals surface area contributed by atoms with Crippen molar-refractivity contribution in [3.63, 3.8) is 0 Å². The second-order valence-corrected chi connectivity index (χ2v) is 14.4. The van der Waals surface area contributed by atoms with E-state index >= 15 is 0 Å². The molecule has 0 N–H and O–H groups in total. The predicted octanol–water partition coefficient (Wildman–Crippen LogP) is 11.7. The normalized spacial score (nSPS) is 19.0. The fraction of sp³-hybridized carbons (Fsp3) is 0.0612. The highest BCUT2D eigenvalue weighted by Gasteiger charge is 2.53. The van der Waals surface area contributed by atoms with Crippen molar-refractivity contribution in [2.75, 3.05) is 0 Å². The summed E-state index contributed by atoms with van der Waals surface area (Å²) in [5, 5.41) is 3.25. The van der Waals surface area contributed by atoms with Crippen molar-refractivity contribution in [3.8, 4) is 11.1 Å². The van der Waals surface area contributed by atoms with Crippen LogP contribution in [-0.4, -0.2) is 10.7 Å². The van der Waals surface area contributed by atoms with Gasteiger partial charge in [0.2, 0.25) is 0 Å². The second-order valence-electron chi connectivity index (χ2n) is 14.4. The first-order chi connectivity index (χ1) is 25.8. The molecule has 0 amide bonds. The summed E-state index contributed by atoms with van der Waals surface area (Å²) in [6.45, 7) is 0. The van der Waals surface area contributed by atoms with Crippen LogP contribution in [0.2, 0.25) is 0 Å². The van der Waals surface area contributed by atoms with Gasteiger partial charge in [0, 0.05) is 33.7 Å². The lowest BCUT2D eigenvalue weighted by Gasteiger charge is -2.37. The van der Waals surface area contributed by atoms with Gasteiger partial charge < -0.3 is 4.42 Å². The Morgan fingerprint density at radius 2 is 1.25 bits per heavy atom. The number of allylic oxidation sites excluding steroid dienone is 5. The van der Waals surface area contributed by atoms with E-state index in [2.05, 4.69) is 170 Å². The summed E-state index contributed by atoms with van der Waals surface area (Å²) in [6, 6.07) is 54.5. The largest absolute Gasteiger partial charge is 0.455 e. The Bertz CT molecular complexity index is 2910. The molecule has 242 valence electrons. The van der Waals surface area contributed by atoms with Crippen LogP contribution in [0.5, 0.6) is 0 Å². The maximum atomic E-state index is 7.42. The van der Waals surface area contributed by atoms with Crippen LogP contribution in [0.3, 0.4) is 0 Å². The van der Waals surface area contributed by atoms with Gasteiger partial charge in [0.05, 0.1) is 33.2 Å². The maximum absolute atomic E-state index is 7.42. The number of rotatable bonds is 2. The molecule has 3 nitrogen and oxygen atoms in total. The van der Waals surface area contributed by atoms with Gasteiger partial charge in [-0.3, -0.25) is 4.99 Å². The minimum atomic E-state index is -0.530. The third-order valence-electron chi connectivity index (χ3n) is 11.8. The number of hydrogen-bond acceptors (Lipinski definition) is 3. The predicted molar refractivity (Wildman–Crippen MR) is 211 cm³/mol. The van der Waals surface area contributed by atoms with Crippen molar-refractivity contribution in [3.05, 3.63) is 215 Å².